The lowest BCUT2D eigenvalue weighted by Gasteiger charge is -2.42. The predicted molar refractivity (Wildman–Crippen MR) is 117 cm³/mol. The molecule has 1 aromatic carbocycles. The number of nitrogens with one attached hydrogen (secondary N) is 1. The number of aromatic nitrogens is 2. The van der Waals surface area contributed by atoms with Gasteiger partial charge in [-0.2, -0.15) is 0 Å². The molecule has 2 unspecified atom stereocenters. The van der Waals surface area contributed by atoms with Crippen LogP contribution in [0, 0.1) is 0 Å². The quantitative estimate of drug-likeness (QED) is 0.673. The van der Waals surface area contributed by atoms with Crippen molar-refractivity contribution in [2.75, 3.05) is 26.3 Å². The number of hydrogen-bond donors (Lipinski definition) is 1. The van der Waals surface area contributed by atoms with Crippen LogP contribution in [-0.2, 0) is 11.3 Å². The summed E-state index contributed by atoms with van der Waals surface area (Å²) >= 11 is 6.08. The maximum Gasteiger partial charge on any atom is 0.137 e. The van der Waals surface area contributed by atoms with Crippen molar-refractivity contribution in [1.82, 2.24) is 19.6 Å². The zero-order valence-electron chi connectivity index (χ0n) is 15.3. The highest BCUT2D eigenvalue weighted by Gasteiger charge is 2.31. The first-order valence-electron chi connectivity index (χ1n) is 9.04. The van der Waals surface area contributed by atoms with E-state index < -0.39 is 0 Å². The van der Waals surface area contributed by atoms with Crippen molar-refractivity contribution < 1.29 is 4.74 Å². The molecule has 2 aromatic heterocycles. The van der Waals surface area contributed by atoms with E-state index in [2.05, 4.69) is 32.9 Å². The number of ether oxygens (including phenoxy) is 1. The van der Waals surface area contributed by atoms with Gasteiger partial charge in [-0.15, -0.1) is 24.8 Å². The standard InChI is InChI=1S/C20H21ClN4O.2ClH/c21-15-6-4-14(5-7-15)20-18(25-8-2-1-3-19(25)23-20)11-24-9-16-12-26-13-17(10-24)22-16;;/h1-8,16-17,22H,9-13H2;2*1H. The molecule has 3 aromatic rings. The summed E-state index contributed by atoms with van der Waals surface area (Å²) in [6.45, 7) is 4.46. The van der Waals surface area contributed by atoms with Crippen LogP contribution in [-0.4, -0.2) is 52.7 Å². The fourth-order valence-corrected chi connectivity index (χ4v) is 4.19. The van der Waals surface area contributed by atoms with Crippen LogP contribution in [0.25, 0.3) is 16.9 Å². The fourth-order valence-electron chi connectivity index (χ4n) is 4.07. The number of benzene rings is 1. The Hall–Kier alpha value is -1.34. The molecule has 0 amide bonds. The average Bonchev–Trinajstić information content (AvgIpc) is 3.01. The van der Waals surface area contributed by atoms with Crippen molar-refractivity contribution in [3.05, 3.63) is 59.4 Å². The minimum atomic E-state index is 0. The van der Waals surface area contributed by atoms with Crippen molar-refractivity contribution in [2.45, 2.75) is 18.6 Å². The number of nitrogens with zero attached hydrogens (tertiary/aromatic N) is 3. The monoisotopic (exact) mass is 440 g/mol. The van der Waals surface area contributed by atoms with Gasteiger partial charge in [0.15, 0.2) is 0 Å². The molecule has 150 valence electrons. The molecule has 5 nitrogen and oxygen atoms in total. The maximum atomic E-state index is 6.08. The summed E-state index contributed by atoms with van der Waals surface area (Å²) in [6, 6.07) is 14.9. The summed E-state index contributed by atoms with van der Waals surface area (Å²) < 4.78 is 7.88. The summed E-state index contributed by atoms with van der Waals surface area (Å²) in [5, 5.41) is 4.39. The molecule has 0 spiro atoms. The Morgan fingerprint density at radius 2 is 1.75 bits per heavy atom. The second-order valence-corrected chi connectivity index (χ2v) is 7.57. The lowest BCUT2D eigenvalue weighted by molar-refractivity contribution is -0.00900. The molecule has 8 heteroatoms. The van der Waals surface area contributed by atoms with E-state index in [0.29, 0.717) is 12.1 Å². The Balaban J connectivity index is 0.00000112. The van der Waals surface area contributed by atoms with Gasteiger partial charge in [-0.25, -0.2) is 4.98 Å². The van der Waals surface area contributed by atoms with Crippen LogP contribution in [0.15, 0.2) is 48.7 Å². The molecule has 1 N–H and O–H groups in total. The number of hydrogen-bond acceptors (Lipinski definition) is 4. The van der Waals surface area contributed by atoms with Crippen LogP contribution >= 0.6 is 36.4 Å². The predicted octanol–water partition coefficient (Wildman–Crippen LogP) is 3.67. The largest absolute Gasteiger partial charge is 0.378 e. The van der Waals surface area contributed by atoms with Crippen LogP contribution in [0.4, 0.5) is 0 Å². The minimum absolute atomic E-state index is 0. The molecule has 2 aliphatic rings. The van der Waals surface area contributed by atoms with E-state index in [9.17, 15) is 0 Å². The summed E-state index contributed by atoms with van der Waals surface area (Å²) in [5.74, 6) is 0. The van der Waals surface area contributed by atoms with Crippen molar-refractivity contribution >= 4 is 42.1 Å². The van der Waals surface area contributed by atoms with E-state index in [4.69, 9.17) is 21.3 Å². The van der Waals surface area contributed by atoms with Gasteiger partial charge < -0.3 is 14.5 Å². The molecule has 4 heterocycles. The fraction of sp³-hybridized carbons (Fsp3) is 0.350. The summed E-state index contributed by atoms with van der Waals surface area (Å²) in [6.07, 6.45) is 2.10. The van der Waals surface area contributed by atoms with E-state index >= 15 is 0 Å². The molecule has 2 fully saturated rings. The van der Waals surface area contributed by atoms with Gasteiger partial charge in [0.25, 0.3) is 0 Å². The zero-order valence-corrected chi connectivity index (χ0v) is 17.6. The minimum Gasteiger partial charge on any atom is -0.378 e. The maximum absolute atomic E-state index is 6.08. The molecule has 2 saturated heterocycles. The van der Waals surface area contributed by atoms with Crippen molar-refractivity contribution in [3.8, 4) is 11.3 Å². The number of piperazine rings is 1. The Morgan fingerprint density at radius 3 is 2.46 bits per heavy atom. The SMILES string of the molecule is Cl.Cl.Clc1ccc(-c2nc3ccccn3c2CN2CC3COCC(C2)N3)cc1. The number of imidazole rings is 1. The van der Waals surface area contributed by atoms with E-state index in [1.807, 2.05) is 30.3 Å². The van der Waals surface area contributed by atoms with Gasteiger partial charge >= 0.3 is 0 Å². The first-order chi connectivity index (χ1) is 12.8. The van der Waals surface area contributed by atoms with Crippen molar-refractivity contribution in [1.29, 1.82) is 0 Å². The normalized spacial score (nSPS) is 21.8. The molecule has 0 radical (unpaired) electrons. The van der Waals surface area contributed by atoms with E-state index in [-0.39, 0.29) is 24.8 Å². The first-order valence-corrected chi connectivity index (χ1v) is 9.42. The van der Waals surface area contributed by atoms with Crippen molar-refractivity contribution in [3.63, 3.8) is 0 Å². The highest BCUT2D eigenvalue weighted by atomic mass is 35.5. The van der Waals surface area contributed by atoms with Gasteiger partial charge in [0, 0.05) is 48.5 Å². The number of rotatable bonds is 3. The van der Waals surface area contributed by atoms with Crippen LogP contribution < -0.4 is 5.32 Å². The van der Waals surface area contributed by atoms with Gasteiger partial charge in [0.1, 0.15) is 5.65 Å². The van der Waals surface area contributed by atoms with Crippen LogP contribution in [0.2, 0.25) is 5.02 Å². The summed E-state index contributed by atoms with van der Waals surface area (Å²) in [4.78, 5) is 7.42. The highest BCUT2D eigenvalue weighted by molar-refractivity contribution is 6.30. The highest BCUT2D eigenvalue weighted by Crippen LogP contribution is 2.27. The second kappa shape index (κ2) is 8.99. The van der Waals surface area contributed by atoms with Gasteiger partial charge in [-0.1, -0.05) is 29.8 Å². The Kier molecular flexibility index (Phi) is 6.86. The van der Waals surface area contributed by atoms with Crippen molar-refractivity contribution in [2.24, 2.45) is 0 Å². The Morgan fingerprint density at radius 1 is 1.04 bits per heavy atom. The Bertz CT molecular complexity index is 919. The number of morpholine rings is 1. The molecule has 0 saturated carbocycles. The second-order valence-electron chi connectivity index (χ2n) is 7.13. The van der Waals surface area contributed by atoms with Crippen LogP contribution in [0.1, 0.15) is 5.69 Å². The van der Waals surface area contributed by atoms with Gasteiger partial charge in [-0.05, 0) is 24.3 Å². The van der Waals surface area contributed by atoms with E-state index in [0.717, 1.165) is 54.8 Å². The number of pyridine rings is 1. The molecular weight excluding hydrogens is 419 g/mol. The molecule has 28 heavy (non-hydrogen) atoms. The van der Waals surface area contributed by atoms with E-state index in [1.165, 1.54) is 5.69 Å². The third-order valence-corrected chi connectivity index (χ3v) is 5.44. The number of fused-ring (bicyclic) bond motifs is 3. The molecule has 2 aliphatic heterocycles. The Labute approximate surface area is 181 Å². The molecule has 5 rings (SSSR count). The molecule has 0 aliphatic carbocycles. The van der Waals surface area contributed by atoms with E-state index in [1.54, 1.807) is 0 Å². The summed E-state index contributed by atoms with van der Waals surface area (Å²) in [5.41, 5.74) is 4.34. The van der Waals surface area contributed by atoms with Crippen LogP contribution in [0.3, 0.4) is 0 Å². The van der Waals surface area contributed by atoms with Gasteiger partial charge in [-0.3, -0.25) is 4.90 Å². The summed E-state index contributed by atoms with van der Waals surface area (Å²) in [7, 11) is 0. The lowest BCUT2D eigenvalue weighted by atomic mass is 10.1. The smallest absolute Gasteiger partial charge is 0.137 e. The third-order valence-electron chi connectivity index (χ3n) is 5.19. The third kappa shape index (κ3) is 4.15. The topological polar surface area (TPSA) is 41.8 Å². The average molecular weight is 442 g/mol. The van der Waals surface area contributed by atoms with Gasteiger partial charge in [0.2, 0.25) is 0 Å². The van der Waals surface area contributed by atoms with Crippen LogP contribution in [0.5, 0.6) is 0 Å². The number of halogens is 3. The molecule has 2 bridgehead atoms. The first kappa shape index (κ1) is 21.4. The lowest BCUT2D eigenvalue weighted by Crippen LogP contribution is -2.62. The molecule has 2 atom stereocenters. The zero-order chi connectivity index (χ0) is 17.5. The molecular formula is C20H23Cl3N4O. The van der Waals surface area contributed by atoms with Gasteiger partial charge in [0.05, 0.1) is 24.6 Å².